The van der Waals surface area contributed by atoms with Gasteiger partial charge in [0.05, 0.1) is 11.7 Å². The van der Waals surface area contributed by atoms with Crippen LogP contribution in [0.25, 0.3) is 10.2 Å². The van der Waals surface area contributed by atoms with Crippen LogP contribution < -0.4 is 5.56 Å². The van der Waals surface area contributed by atoms with Crippen LogP contribution in [0, 0.1) is 0 Å². The average Bonchev–Trinajstić information content (AvgIpc) is 2.92. The Kier molecular flexibility index (Phi) is 2.89. The highest BCUT2D eigenvalue weighted by molar-refractivity contribution is 7.18. The van der Waals surface area contributed by atoms with Crippen molar-refractivity contribution in [2.45, 2.75) is 38.6 Å². The summed E-state index contributed by atoms with van der Waals surface area (Å²) in [5, 5.41) is 9.82. The highest BCUT2D eigenvalue weighted by atomic mass is 32.1. The van der Waals surface area contributed by atoms with Gasteiger partial charge >= 0.3 is 5.97 Å². The van der Waals surface area contributed by atoms with Crippen molar-refractivity contribution in [3.8, 4) is 0 Å². The first-order chi connectivity index (χ1) is 9.13. The molecule has 19 heavy (non-hydrogen) atoms. The summed E-state index contributed by atoms with van der Waals surface area (Å²) < 4.78 is 1.26. The van der Waals surface area contributed by atoms with Gasteiger partial charge in [0, 0.05) is 4.88 Å². The molecule has 2 aromatic rings. The predicted molar refractivity (Wildman–Crippen MR) is 72.9 cm³/mol. The van der Waals surface area contributed by atoms with Crippen molar-refractivity contribution in [2.75, 3.05) is 0 Å². The zero-order chi connectivity index (χ0) is 13.6. The molecule has 0 aromatic carbocycles. The summed E-state index contributed by atoms with van der Waals surface area (Å²) in [5.74, 6) is -0.988. The van der Waals surface area contributed by atoms with Gasteiger partial charge in [-0.1, -0.05) is 6.92 Å². The van der Waals surface area contributed by atoms with Crippen LogP contribution in [0.2, 0.25) is 0 Å². The summed E-state index contributed by atoms with van der Waals surface area (Å²) in [5.41, 5.74) is 0.880. The minimum Gasteiger partial charge on any atom is -0.480 e. The average molecular weight is 278 g/mol. The molecule has 3 rings (SSSR count). The monoisotopic (exact) mass is 278 g/mol. The number of rotatable bonds is 3. The zero-order valence-electron chi connectivity index (χ0n) is 10.5. The van der Waals surface area contributed by atoms with Gasteiger partial charge in [0.15, 0.2) is 0 Å². The summed E-state index contributed by atoms with van der Waals surface area (Å²) in [6.45, 7) is 1.76. The van der Waals surface area contributed by atoms with Crippen molar-refractivity contribution in [1.82, 2.24) is 9.55 Å². The van der Waals surface area contributed by atoms with Crippen LogP contribution >= 0.6 is 11.3 Å². The molecule has 1 aliphatic rings. The Balaban J connectivity index is 2.26. The number of carbonyl (C=O) groups is 1. The van der Waals surface area contributed by atoms with Crippen LogP contribution in [0.4, 0.5) is 0 Å². The summed E-state index contributed by atoms with van der Waals surface area (Å²) in [6, 6.07) is -0.832. The van der Waals surface area contributed by atoms with Crippen LogP contribution in [0.1, 0.15) is 36.2 Å². The third-order valence-electron chi connectivity index (χ3n) is 3.66. The van der Waals surface area contributed by atoms with E-state index in [-0.39, 0.29) is 5.56 Å². The number of aromatic nitrogens is 2. The van der Waals surface area contributed by atoms with E-state index in [2.05, 4.69) is 4.98 Å². The molecule has 100 valence electrons. The minimum atomic E-state index is -0.988. The van der Waals surface area contributed by atoms with E-state index in [9.17, 15) is 14.7 Å². The lowest BCUT2D eigenvalue weighted by Crippen LogP contribution is -2.29. The molecule has 0 saturated heterocycles. The first kappa shape index (κ1) is 12.3. The van der Waals surface area contributed by atoms with E-state index in [0.29, 0.717) is 11.8 Å². The molecule has 0 unspecified atom stereocenters. The van der Waals surface area contributed by atoms with Crippen molar-refractivity contribution in [2.24, 2.45) is 0 Å². The van der Waals surface area contributed by atoms with Gasteiger partial charge in [-0.25, -0.2) is 9.78 Å². The fourth-order valence-electron chi connectivity index (χ4n) is 2.71. The van der Waals surface area contributed by atoms with Crippen LogP contribution in [0.15, 0.2) is 11.1 Å². The minimum absolute atomic E-state index is 0.210. The SMILES string of the molecule is CC[C@@H](C(=O)O)n1cnc2sc3c(c2c1=O)CCC3. The van der Waals surface area contributed by atoms with Gasteiger partial charge < -0.3 is 5.11 Å². The fourth-order valence-corrected chi connectivity index (χ4v) is 3.93. The highest BCUT2D eigenvalue weighted by Gasteiger charge is 2.24. The third kappa shape index (κ3) is 1.78. The molecule has 1 aliphatic carbocycles. The molecule has 0 saturated carbocycles. The molecule has 2 heterocycles. The van der Waals surface area contributed by atoms with Gasteiger partial charge in [-0.15, -0.1) is 11.3 Å². The molecule has 0 fully saturated rings. The van der Waals surface area contributed by atoms with E-state index in [1.807, 2.05) is 0 Å². The second-order valence-corrected chi connectivity index (χ2v) is 5.84. The van der Waals surface area contributed by atoms with Crippen LogP contribution in [-0.4, -0.2) is 20.6 Å². The molecule has 1 N–H and O–H groups in total. The predicted octanol–water partition coefficient (Wildman–Crippen LogP) is 1.98. The molecule has 0 radical (unpaired) electrons. The Morgan fingerprint density at radius 2 is 2.37 bits per heavy atom. The molecular weight excluding hydrogens is 264 g/mol. The van der Waals surface area contributed by atoms with Gasteiger partial charge in [-0.3, -0.25) is 9.36 Å². The number of hydrogen-bond donors (Lipinski definition) is 1. The highest BCUT2D eigenvalue weighted by Crippen LogP contribution is 2.34. The third-order valence-corrected chi connectivity index (χ3v) is 4.86. The topological polar surface area (TPSA) is 72.2 Å². The van der Waals surface area contributed by atoms with Gasteiger partial charge in [0.2, 0.25) is 0 Å². The lowest BCUT2D eigenvalue weighted by molar-refractivity contribution is -0.141. The van der Waals surface area contributed by atoms with E-state index >= 15 is 0 Å². The second-order valence-electron chi connectivity index (χ2n) is 4.76. The van der Waals surface area contributed by atoms with E-state index in [1.165, 1.54) is 15.8 Å². The van der Waals surface area contributed by atoms with Crippen molar-refractivity contribution >= 4 is 27.5 Å². The van der Waals surface area contributed by atoms with Gasteiger partial charge in [-0.2, -0.15) is 0 Å². The maximum Gasteiger partial charge on any atom is 0.326 e. The van der Waals surface area contributed by atoms with Crippen molar-refractivity contribution in [3.63, 3.8) is 0 Å². The van der Waals surface area contributed by atoms with Crippen LogP contribution in [0.5, 0.6) is 0 Å². The molecule has 0 amide bonds. The molecule has 2 aromatic heterocycles. The normalized spacial score (nSPS) is 15.6. The summed E-state index contributed by atoms with van der Waals surface area (Å²) in [4.78, 5) is 30.0. The lowest BCUT2D eigenvalue weighted by atomic mass is 10.2. The number of aryl methyl sites for hydroxylation is 2. The van der Waals surface area contributed by atoms with Crippen LogP contribution in [0.3, 0.4) is 0 Å². The van der Waals surface area contributed by atoms with E-state index < -0.39 is 12.0 Å². The molecule has 5 nitrogen and oxygen atoms in total. The first-order valence-electron chi connectivity index (χ1n) is 6.37. The number of aliphatic carboxylic acids is 1. The largest absolute Gasteiger partial charge is 0.480 e. The van der Waals surface area contributed by atoms with E-state index in [4.69, 9.17) is 0 Å². The number of fused-ring (bicyclic) bond motifs is 3. The molecule has 1 atom stereocenters. The lowest BCUT2D eigenvalue weighted by Gasteiger charge is -2.12. The maximum atomic E-state index is 12.5. The smallest absolute Gasteiger partial charge is 0.326 e. The standard InChI is InChI=1S/C13H14N2O3S/c1-2-8(13(17)18)15-6-14-11-10(12(15)16)7-4-3-5-9(7)19-11/h6,8H,2-5H2,1H3,(H,17,18)/t8-/m0/s1. The number of thiophene rings is 1. The summed E-state index contributed by atoms with van der Waals surface area (Å²) in [7, 11) is 0. The number of carboxylic acid groups (broad SMARTS) is 1. The molecule has 0 spiro atoms. The fraction of sp³-hybridized carbons (Fsp3) is 0.462. The Labute approximate surface area is 113 Å². The van der Waals surface area contributed by atoms with Crippen molar-refractivity contribution < 1.29 is 9.90 Å². The summed E-state index contributed by atoms with van der Waals surface area (Å²) in [6.07, 6.45) is 4.72. The second kappa shape index (κ2) is 4.45. The van der Waals surface area contributed by atoms with Crippen LogP contribution in [-0.2, 0) is 17.6 Å². The van der Waals surface area contributed by atoms with Gasteiger partial charge in [-0.05, 0) is 31.2 Å². The molecule has 6 heteroatoms. The number of hydrogen-bond acceptors (Lipinski definition) is 4. The Hall–Kier alpha value is -1.69. The quantitative estimate of drug-likeness (QED) is 0.931. The Morgan fingerprint density at radius 1 is 1.58 bits per heavy atom. The summed E-state index contributed by atoms with van der Waals surface area (Å²) >= 11 is 1.57. The van der Waals surface area contributed by atoms with E-state index in [1.54, 1.807) is 18.3 Å². The van der Waals surface area contributed by atoms with Crippen molar-refractivity contribution in [3.05, 3.63) is 27.1 Å². The van der Waals surface area contributed by atoms with Crippen molar-refractivity contribution in [1.29, 1.82) is 0 Å². The van der Waals surface area contributed by atoms with Gasteiger partial charge in [0.1, 0.15) is 10.9 Å². The Morgan fingerprint density at radius 3 is 3.05 bits per heavy atom. The maximum absolute atomic E-state index is 12.5. The zero-order valence-corrected chi connectivity index (χ0v) is 11.4. The number of carboxylic acids is 1. The molecule has 0 aliphatic heterocycles. The number of nitrogens with zero attached hydrogens (tertiary/aromatic N) is 2. The molecular formula is C13H14N2O3S. The van der Waals surface area contributed by atoms with E-state index in [0.717, 1.165) is 29.7 Å². The van der Waals surface area contributed by atoms with Gasteiger partial charge in [0.25, 0.3) is 5.56 Å². The Bertz CT molecular complexity index is 716. The molecule has 0 bridgehead atoms. The first-order valence-corrected chi connectivity index (χ1v) is 7.19.